The van der Waals surface area contributed by atoms with Crippen LogP contribution in [0.15, 0.2) is 25.3 Å². The van der Waals surface area contributed by atoms with E-state index in [0.717, 1.165) is 0 Å². The molecule has 0 aliphatic carbocycles. The van der Waals surface area contributed by atoms with Gasteiger partial charge in [-0.05, 0) is 25.7 Å². The third kappa shape index (κ3) is 30.0. The minimum Gasteiger partial charge on any atom is -0.103 e. The summed E-state index contributed by atoms with van der Waals surface area (Å²) in [4.78, 5) is 0. The molecule has 0 rings (SSSR count). The second-order valence-electron chi connectivity index (χ2n) is 6.75. The maximum Gasteiger partial charge on any atom is -0.0353 e. The predicted molar refractivity (Wildman–Crippen MR) is 110 cm³/mol. The van der Waals surface area contributed by atoms with Crippen LogP contribution in [0.4, 0.5) is 0 Å². The van der Waals surface area contributed by atoms with Crippen LogP contribution in [0.2, 0.25) is 0 Å². The van der Waals surface area contributed by atoms with Crippen molar-refractivity contribution in [1.29, 1.82) is 0 Å². The Morgan fingerprint density at radius 3 is 0.957 bits per heavy atom. The van der Waals surface area contributed by atoms with Crippen LogP contribution in [0.5, 0.6) is 0 Å². The maximum absolute atomic E-state index is 3.72. The fourth-order valence-electron chi connectivity index (χ4n) is 2.67. The summed E-state index contributed by atoms with van der Waals surface area (Å²) < 4.78 is 0. The summed E-state index contributed by atoms with van der Waals surface area (Å²) in [5, 5.41) is 0. The molecule has 0 amide bonds. The van der Waals surface area contributed by atoms with E-state index in [1.807, 2.05) is 12.2 Å². The highest BCUT2D eigenvalue weighted by Crippen LogP contribution is 2.09. The van der Waals surface area contributed by atoms with Crippen LogP contribution in [0, 0.1) is 0 Å². The molecule has 0 aromatic rings. The molecule has 0 aliphatic rings. The van der Waals surface area contributed by atoms with Crippen molar-refractivity contribution < 1.29 is 0 Å². The molecule has 138 valence electrons. The first-order valence-corrected chi connectivity index (χ1v) is 10.5. The Bertz CT molecular complexity index is 204. The Balaban J connectivity index is 0. The molecule has 0 saturated carbocycles. The van der Waals surface area contributed by atoms with Gasteiger partial charge in [-0.2, -0.15) is 0 Å². The molecule has 0 nitrogen and oxygen atoms in total. The average molecular weight is 323 g/mol. The van der Waals surface area contributed by atoms with Gasteiger partial charge in [0.2, 0.25) is 0 Å². The molecular weight excluding hydrogens is 276 g/mol. The first-order valence-electron chi connectivity index (χ1n) is 10.5. The zero-order valence-electron chi connectivity index (χ0n) is 16.6. The Kier molecular flexibility index (Phi) is 28.4. The first-order chi connectivity index (χ1) is 11.3. The minimum absolute atomic E-state index is 1.20. The highest BCUT2D eigenvalue weighted by atomic mass is 14.0. The molecule has 0 saturated heterocycles. The van der Waals surface area contributed by atoms with E-state index in [9.17, 15) is 0 Å². The monoisotopic (exact) mass is 322 g/mol. The fraction of sp³-hybridized carbons (Fsp3) is 0.826. The van der Waals surface area contributed by atoms with Gasteiger partial charge in [0.05, 0.1) is 0 Å². The molecule has 0 atom stereocenters. The molecule has 0 heteroatoms. The molecule has 0 aromatic carbocycles. The lowest BCUT2D eigenvalue weighted by Gasteiger charge is -1.99. The van der Waals surface area contributed by atoms with Crippen LogP contribution in [0.1, 0.15) is 123 Å². The van der Waals surface area contributed by atoms with Crippen molar-refractivity contribution >= 4 is 0 Å². The van der Waals surface area contributed by atoms with Crippen LogP contribution in [0.3, 0.4) is 0 Å². The topological polar surface area (TPSA) is 0 Å². The second kappa shape index (κ2) is 26.4. The van der Waals surface area contributed by atoms with Crippen LogP contribution in [0.25, 0.3) is 0 Å². The average Bonchev–Trinajstić information content (AvgIpc) is 2.57. The molecule has 0 spiro atoms. The number of allylic oxidation sites excluding steroid dienone is 2. The van der Waals surface area contributed by atoms with Crippen LogP contribution in [-0.2, 0) is 0 Å². The van der Waals surface area contributed by atoms with Crippen molar-refractivity contribution in [3.05, 3.63) is 25.3 Å². The largest absolute Gasteiger partial charge is 0.103 e. The highest BCUT2D eigenvalue weighted by Gasteiger charge is 1.89. The van der Waals surface area contributed by atoms with Crippen molar-refractivity contribution in [1.82, 2.24) is 0 Å². The third-order valence-electron chi connectivity index (χ3n) is 4.27. The second-order valence-corrected chi connectivity index (χ2v) is 6.75. The Morgan fingerprint density at radius 1 is 0.435 bits per heavy atom. The van der Waals surface area contributed by atoms with Crippen LogP contribution >= 0.6 is 0 Å². The third-order valence-corrected chi connectivity index (χ3v) is 4.27. The molecule has 0 aromatic heterocycles. The van der Waals surface area contributed by atoms with E-state index in [0.29, 0.717) is 0 Å². The van der Waals surface area contributed by atoms with Crippen molar-refractivity contribution in [2.24, 2.45) is 0 Å². The predicted octanol–water partition coefficient (Wildman–Crippen LogP) is 9.02. The van der Waals surface area contributed by atoms with Crippen molar-refractivity contribution in [2.45, 2.75) is 123 Å². The summed E-state index contributed by atoms with van der Waals surface area (Å²) in [7, 11) is 0. The molecule has 0 unspecified atom stereocenters. The molecular formula is C23H46. The number of hydrogen-bond donors (Lipinski definition) is 0. The van der Waals surface area contributed by atoms with Gasteiger partial charge < -0.3 is 0 Å². The van der Waals surface area contributed by atoms with Gasteiger partial charge >= 0.3 is 0 Å². The number of hydrogen-bond acceptors (Lipinski definition) is 0. The van der Waals surface area contributed by atoms with Gasteiger partial charge in [-0.3, -0.25) is 0 Å². The Hall–Kier alpha value is -0.520. The highest BCUT2D eigenvalue weighted by molar-refractivity contribution is 4.65. The van der Waals surface area contributed by atoms with Gasteiger partial charge in [0.1, 0.15) is 0 Å². The van der Waals surface area contributed by atoms with E-state index in [1.54, 1.807) is 0 Å². The molecule has 0 aliphatic heterocycles. The van der Waals surface area contributed by atoms with E-state index >= 15 is 0 Å². The van der Waals surface area contributed by atoms with Crippen molar-refractivity contribution in [3.8, 4) is 0 Å². The first kappa shape index (κ1) is 24.7. The van der Waals surface area contributed by atoms with Gasteiger partial charge in [-0.1, -0.05) is 109 Å². The van der Waals surface area contributed by atoms with E-state index in [4.69, 9.17) is 0 Å². The lowest BCUT2D eigenvalue weighted by Crippen LogP contribution is -1.79. The summed E-state index contributed by atoms with van der Waals surface area (Å²) in [5.41, 5.74) is 0. The quantitative estimate of drug-likeness (QED) is 0.185. The van der Waals surface area contributed by atoms with Crippen LogP contribution in [-0.4, -0.2) is 0 Å². The van der Waals surface area contributed by atoms with Gasteiger partial charge in [-0.15, -0.1) is 13.2 Å². The summed E-state index contributed by atoms with van der Waals surface area (Å²) >= 11 is 0. The summed E-state index contributed by atoms with van der Waals surface area (Å²) in [6.45, 7) is 12.0. The number of unbranched alkanes of at least 4 members (excludes halogenated alkanes) is 15. The maximum atomic E-state index is 3.72. The van der Waals surface area contributed by atoms with Crippen molar-refractivity contribution in [3.63, 3.8) is 0 Å². The molecule has 0 bridgehead atoms. The van der Waals surface area contributed by atoms with E-state index < -0.39 is 0 Å². The van der Waals surface area contributed by atoms with E-state index in [2.05, 4.69) is 27.0 Å². The Morgan fingerprint density at radius 2 is 0.696 bits per heavy atom. The van der Waals surface area contributed by atoms with Gasteiger partial charge in [0.25, 0.3) is 0 Å². The summed E-state index contributed by atoms with van der Waals surface area (Å²) in [6, 6.07) is 0. The standard InChI is InChI=1S/C12H24.C11H22/c1-3-5-7-9-11-12-10-8-6-4-2;1-3-5-7-9-11-10-8-6-4-2/h3H,1,4-12H2,2H3;3H,1,4-11H2,2H3. The molecule has 0 radical (unpaired) electrons. The van der Waals surface area contributed by atoms with Gasteiger partial charge in [0.15, 0.2) is 0 Å². The SMILES string of the molecule is C=CCCCCCCCCC.C=CCCCCCCCCCC. The van der Waals surface area contributed by atoms with Gasteiger partial charge in [0, 0.05) is 0 Å². The minimum atomic E-state index is 1.20. The lowest BCUT2D eigenvalue weighted by molar-refractivity contribution is 0.578. The Labute approximate surface area is 148 Å². The molecule has 23 heavy (non-hydrogen) atoms. The van der Waals surface area contributed by atoms with Gasteiger partial charge in [-0.25, -0.2) is 0 Å². The molecule has 0 heterocycles. The van der Waals surface area contributed by atoms with Crippen molar-refractivity contribution in [2.75, 3.05) is 0 Å². The zero-order chi connectivity index (χ0) is 17.4. The smallest absolute Gasteiger partial charge is 0.0353 e. The van der Waals surface area contributed by atoms with Crippen LogP contribution < -0.4 is 0 Å². The molecule has 0 N–H and O–H groups in total. The zero-order valence-corrected chi connectivity index (χ0v) is 16.6. The summed E-state index contributed by atoms with van der Waals surface area (Å²) in [5.74, 6) is 0. The normalized spacial score (nSPS) is 10.0. The number of rotatable bonds is 17. The molecule has 0 fully saturated rings. The summed E-state index contributed by atoms with van der Waals surface area (Å²) in [6.07, 6.45) is 27.5. The van der Waals surface area contributed by atoms with E-state index in [1.165, 1.54) is 109 Å². The lowest BCUT2D eigenvalue weighted by atomic mass is 10.1. The fourth-order valence-corrected chi connectivity index (χ4v) is 2.67. The van der Waals surface area contributed by atoms with E-state index in [-0.39, 0.29) is 0 Å².